The molecule has 0 spiro atoms. The number of hydrogen-bond acceptors (Lipinski definition) is 3. The Morgan fingerprint density at radius 2 is 1.55 bits per heavy atom. The molecule has 0 atom stereocenters. The Hall–Kier alpha value is -1.01. The van der Waals surface area contributed by atoms with Gasteiger partial charge < -0.3 is 10.6 Å². The highest BCUT2D eigenvalue weighted by atomic mass is 35.5. The highest BCUT2D eigenvalue weighted by molar-refractivity contribution is 6.34. The maximum absolute atomic E-state index is 13.4. The van der Waals surface area contributed by atoms with Crippen LogP contribution in [-0.2, 0) is 24.2 Å². The molecule has 2 aromatic carbocycles. The molecule has 2 N–H and O–H groups in total. The smallest absolute Gasteiger partial charge is 0.241 e. The lowest BCUT2D eigenvalue weighted by atomic mass is 9.91. The lowest BCUT2D eigenvalue weighted by Crippen LogP contribution is -2.63. The number of nitrogens with one attached hydrogen (secondary N) is 2. The van der Waals surface area contributed by atoms with Crippen molar-refractivity contribution in [2.45, 2.75) is 24.9 Å². The first kappa shape index (κ1) is 24.3. The van der Waals surface area contributed by atoms with E-state index in [4.69, 9.17) is 23.2 Å². The number of hydrogen-bond donors (Lipinski definition) is 2. The average Bonchev–Trinajstić information content (AvgIpc) is 3.07. The minimum absolute atomic E-state index is 0. The third-order valence-electron chi connectivity index (χ3n) is 5.60. The van der Waals surface area contributed by atoms with Gasteiger partial charge in [0.05, 0.1) is 0 Å². The van der Waals surface area contributed by atoms with Crippen LogP contribution in [0.2, 0.25) is 10.0 Å². The molecule has 0 unspecified atom stereocenters. The first-order valence-corrected chi connectivity index (χ1v) is 10.1. The third-order valence-corrected chi connectivity index (χ3v) is 6.04. The zero-order valence-corrected chi connectivity index (χ0v) is 19.1. The first-order valence-electron chi connectivity index (χ1n) is 9.33. The lowest BCUT2D eigenvalue weighted by Gasteiger charge is -2.42. The molecule has 0 bridgehead atoms. The van der Waals surface area contributed by atoms with E-state index >= 15 is 0 Å². The van der Waals surface area contributed by atoms with Crippen molar-refractivity contribution in [1.29, 1.82) is 0 Å². The van der Waals surface area contributed by atoms with Crippen LogP contribution in [0.5, 0.6) is 0 Å². The summed E-state index contributed by atoms with van der Waals surface area (Å²) in [5.74, 6) is 0.0803. The predicted octanol–water partition coefficient (Wildman–Crippen LogP) is 3.90. The van der Waals surface area contributed by atoms with Crippen LogP contribution >= 0.6 is 48.0 Å². The Kier molecular flexibility index (Phi) is 8.65. The average molecular weight is 477 g/mol. The summed E-state index contributed by atoms with van der Waals surface area (Å²) in [6.07, 6.45) is 1.51. The first-order chi connectivity index (χ1) is 13.1. The van der Waals surface area contributed by atoms with E-state index in [9.17, 15) is 4.79 Å². The number of amides is 1. The van der Waals surface area contributed by atoms with Crippen LogP contribution < -0.4 is 10.6 Å². The topological polar surface area (TPSA) is 44.4 Å². The summed E-state index contributed by atoms with van der Waals surface area (Å²) >= 11 is 12.2. The van der Waals surface area contributed by atoms with Crippen molar-refractivity contribution in [1.82, 2.24) is 15.5 Å². The van der Waals surface area contributed by atoms with Gasteiger partial charge in [-0.25, -0.2) is 0 Å². The molecular weight excluding hydrogens is 452 g/mol. The number of carbonyl (C=O) groups excluding carboxylic acids is 1. The second-order valence-electron chi connectivity index (χ2n) is 7.35. The fraction of sp³-hybridized carbons (Fsp3) is 0.381. The molecule has 1 fully saturated rings. The zero-order chi connectivity index (χ0) is 18.9. The highest BCUT2D eigenvalue weighted by Crippen LogP contribution is 2.35. The number of benzene rings is 2. The Bertz CT molecular complexity index is 810. The van der Waals surface area contributed by atoms with Gasteiger partial charge in [-0.05, 0) is 34.9 Å². The van der Waals surface area contributed by atoms with Gasteiger partial charge in [0.15, 0.2) is 0 Å². The molecule has 1 aliphatic carbocycles. The molecule has 1 aliphatic heterocycles. The fourth-order valence-electron chi connectivity index (χ4n) is 4.28. The quantitative estimate of drug-likeness (QED) is 0.703. The van der Waals surface area contributed by atoms with Crippen molar-refractivity contribution in [2.24, 2.45) is 0 Å². The summed E-state index contributed by atoms with van der Waals surface area (Å²) in [7, 11) is 0. The number of fused-ring (bicyclic) bond motifs is 1. The molecule has 0 saturated carbocycles. The van der Waals surface area contributed by atoms with E-state index in [0.29, 0.717) is 16.6 Å². The summed E-state index contributed by atoms with van der Waals surface area (Å²) in [6.45, 7) is 4.00. The van der Waals surface area contributed by atoms with E-state index in [0.717, 1.165) is 44.6 Å². The summed E-state index contributed by atoms with van der Waals surface area (Å²) in [5.41, 5.74) is 2.94. The summed E-state index contributed by atoms with van der Waals surface area (Å²) in [6, 6.07) is 13.8. The number of piperazine rings is 1. The van der Waals surface area contributed by atoms with E-state index in [1.165, 1.54) is 11.1 Å². The Labute approximate surface area is 194 Å². The molecule has 29 heavy (non-hydrogen) atoms. The minimum Gasteiger partial charge on any atom is -0.350 e. The van der Waals surface area contributed by atoms with Crippen LogP contribution in [0.15, 0.2) is 42.5 Å². The van der Waals surface area contributed by atoms with Crippen LogP contribution in [0, 0.1) is 0 Å². The molecular formula is C21H25Cl4N3O. The van der Waals surface area contributed by atoms with E-state index in [1.54, 1.807) is 6.07 Å². The fourth-order valence-corrected chi connectivity index (χ4v) is 4.85. The van der Waals surface area contributed by atoms with E-state index < -0.39 is 5.54 Å². The monoisotopic (exact) mass is 475 g/mol. The number of rotatable bonds is 4. The second kappa shape index (κ2) is 10.3. The number of nitrogens with zero attached hydrogens (tertiary/aromatic N) is 1. The highest BCUT2D eigenvalue weighted by Gasteiger charge is 2.48. The van der Waals surface area contributed by atoms with Crippen molar-refractivity contribution >= 4 is 53.9 Å². The molecule has 1 saturated heterocycles. The zero-order valence-electron chi connectivity index (χ0n) is 15.9. The van der Waals surface area contributed by atoms with Gasteiger partial charge in [0.2, 0.25) is 5.91 Å². The molecule has 0 radical (unpaired) electrons. The van der Waals surface area contributed by atoms with Gasteiger partial charge in [0, 0.05) is 55.6 Å². The van der Waals surface area contributed by atoms with Gasteiger partial charge in [0.1, 0.15) is 5.54 Å². The van der Waals surface area contributed by atoms with Gasteiger partial charge in [-0.1, -0.05) is 47.5 Å². The van der Waals surface area contributed by atoms with E-state index in [2.05, 4.69) is 39.8 Å². The van der Waals surface area contributed by atoms with Gasteiger partial charge in [-0.3, -0.25) is 9.69 Å². The molecule has 4 nitrogen and oxygen atoms in total. The lowest BCUT2D eigenvalue weighted by molar-refractivity contribution is -0.134. The Balaban J connectivity index is 0.00000150. The third kappa shape index (κ3) is 5.19. The largest absolute Gasteiger partial charge is 0.350 e. The van der Waals surface area contributed by atoms with Crippen LogP contribution in [-0.4, -0.2) is 42.5 Å². The van der Waals surface area contributed by atoms with Gasteiger partial charge >= 0.3 is 0 Å². The Morgan fingerprint density at radius 3 is 2.10 bits per heavy atom. The molecule has 1 heterocycles. The predicted molar refractivity (Wildman–Crippen MR) is 124 cm³/mol. The van der Waals surface area contributed by atoms with Crippen molar-refractivity contribution in [3.8, 4) is 0 Å². The van der Waals surface area contributed by atoms with E-state index in [1.807, 2.05) is 12.1 Å². The molecule has 8 heteroatoms. The molecule has 4 rings (SSSR count). The van der Waals surface area contributed by atoms with Crippen molar-refractivity contribution in [3.05, 3.63) is 69.2 Å². The van der Waals surface area contributed by atoms with Gasteiger partial charge in [0.25, 0.3) is 0 Å². The minimum atomic E-state index is -0.520. The van der Waals surface area contributed by atoms with Crippen molar-refractivity contribution < 1.29 is 4.79 Å². The maximum atomic E-state index is 13.4. The van der Waals surface area contributed by atoms with Crippen molar-refractivity contribution in [2.75, 3.05) is 26.2 Å². The molecule has 2 aliphatic rings. The van der Waals surface area contributed by atoms with Gasteiger partial charge in [-0.2, -0.15) is 0 Å². The molecule has 1 amide bonds. The summed E-state index contributed by atoms with van der Waals surface area (Å²) in [4.78, 5) is 15.8. The SMILES string of the molecule is Cl.Cl.O=C(NCc1cc(Cl)cc(Cl)c1)C1(N2CCNCC2)Cc2ccccc2C1. The number of carbonyl (C=O) groups is 1. The van der Waals surface area contributed by atoms with Crippen molar-refractivity contribution in [3.63, 3.8) is 0 Å². The van der Waals surface area contributed by atoms with Crippen LogP contribution in [0.1, 0.15) is 16.7 Å². The van der Waals surface area contributed by atoms with Crippen LogP contribution in [0.25, 0.3) is 0 Å². The van der Waals surface area contributed by atoms with Crippen LogP contribution in [0.4, 0.5) is 0 Å². The van der Waals surface area contributed by atoms with Crippen LogP contribution in [0.3, 0.4) is 0 Å². The standard InChI is InChI=1S/C21H23Cl2N3O.2ClH/c22-18-9-15(10-19(23)11-18)14-25-20(27)21(26-7-5-24-6-8-26)12-16-3-1-2-4-17(16)13-21;;/h1-4,9-11,24H,5-8,12-14H2,(H,25,27);2*1H. The van der Waals surface area contributed by atoms with Gasteiger partial charge in [-0.15, -0.1) is 24.8 Å². The van der Waals surface area contributed by atoms with E-state index in [-0.39, 0.29) is 30.7 Å². The second-order valence-corrected chi connectivity index (χ2v) is 8.22. The summed E-state index contributed by atoms with van der Waals surface area (Å²) < 4.78 is 0. The molecule has 2 aromatic rings. The number of halogens is 4. The normalized spacial score (nSPS) is 17.6. The maximum Gasteiger partial charge on any atom is 0.241 e. The molecule has 0 aromatic heterocycles. The summed E-state index contributed by atoms with van der Waals surface area (Å²) in [5, 5.41) is 7.69. The Morgan fingerprint density at radius 1 is 1.00 bits per heavy atom. The molecule has 158 valence electrons.